The van der Waals surface area contributed by atoms with Gasteiger partial charge in [0.15, 0.2) is 5.96 Å². The first kappa shape index (κ1) is 23.3. The summed E-state index contributed by atoms with van der Waals surface area (Å²) in [5.74, 6) is 2.47. The van der Waals surface area contributed by atoms with E-state index in [1.165, 1.54) is 0 Å². The molecule has 1 saturated heterocycles. The molecule has 1 aliphatic rings. The second-order valence-electron chi connectivity index (χ2n) is 6.20. The number of aliphatic imine (C=N–C) groups is 1. The van der Waals surface area contributed by atoms with Gasteiger partial charge in [-0.1, -0.05) is 6.92 Å². The topological polar surface area (TPSA) is 75.2 Å². The molecule has 0 radical (unpaired) electrons. The van der Waals surface area contributed by atoms with E-state index in [-0.39, 0.29) is 35.9 Å². The Morgan fingerprint density at radius 3 is 2.70 bits per heavy atom. The summed E-state index contributed by atoms with van der Waals surface area (Å²) in [6, 6.07) is 5.94. The van der Waals surface area contributed by atoms with Crippen molar-refractivity contribution < 1.29 is 14.3 Å². The van der Waals surface area contributed by atoms with Crippen molar-refractivity contribution in [3.63, 3.8) is 0 Å². The van der Waals surface area contributed by atoms with Crippen molar-refractivity contribution in [2.24, 2.45) is 4.99 Å². The molecule has 0 bridgehead atoms. The maximum absolute atomic E-state index is 11.8. The summed E-state index contributed by atoms with van der Waals surface area (Å²) in [6.45, 7) is 6.73. The molecule has 0 saturated carbocycles. The Balaban J connectivity index is 0.00000364. The summed E-state index contributed by atoms with van der Waals surface area (Å²) in [6.07, 6.45) is 1.49. The molecule has 0 aliphatic carbocycles. The van der Waals surface area contributed by atoms with E-state index < -0.39 is 0 Å². The van der Waals surface area contributed by atoms with Crippen molar-refractivity contribution in [2.45, 2.75) is 39.3 Å². The number of carbonyl (C=O) groups is 1. The van der Waals surface area contributed by atoms with E-state index in [0.717, 1.165) is 49.1 Å². The van der Waals surface area contributed by atoms with E-state index in [2.05, 4.69) is 15.6 Å². The number of carbonyl (C=O) groups excluding carboxylic acids is 1. The van der Waals surface area contributed by atoms with Crippen molar-refractivity contribution in [3.8, 4) is 11.5 Å². The number of ether oxygens (including phenoxy) is 2. The number of benzene rings is 1. The Bertz CT molecular complexity index is 639. The molecule has 1 aromatic carbocycles. The second-order valence-corrected chi connectivity index (χ2v) is 6.20. The lowest BCUT2D eigenvalue weighted by Crippen LogP contribution is -2.45. The average Bonchev–Trinajstić information content (AvgIpc) is 3.14. The third-order valence-corrected chi connectivity index (χ3v) is 4.43. The molecule has 8 heteroatoms. The fourth-order valence-electron chi connectivity index (χ4n) is 2.99. The molecule has 1 unspecified atom stereocenters. The van der Waals surface area contributed by atoms with Gasteiger partial charge in [0.25, 0.3) is 0 Å². The van der Waals surface area contributed by atoms with Gasteiger partial charge in [0.1, 0.15) is 11.5 Å². The van der Waals surface area contributed by atoms with Crippen LogP contribution in [0.25, 0.3) is 0 Å². The highest BCUT2D eigenvalue weighted by molar-refractivity contribution is 14.0. The minimum atomic E-state index is 0. The van der Waals surface area contributed by atoms with E-state index >= 15 is 0 Å². The SMILES string of the molecule is CCNC(=NCc1ccc(OC)cc1OC)NC1CCN(C(=O)CC)C1.I. The van der Waals surface area contributed by atoms with Crippen LogP contribution in [0.15, 0.2) is 23.2 Å². The summed E-state index contributed by atoms with van der Waals surface area (Å²) in [7, 11) is 3.28. The van der Waals surface area contributed by atoms with Crippen LogP contribution in [-0.2, 0) is 11.3 Å². The molecular weight excluding hydrogens is 459 g/mol. The first-order valence-electron chi connectivity index (χ1n) is 9.14. The third kappa shape index (κ3) is 6.75. The Labute approximate surface area is 178 Å². The van der Waals surface area contributed by atoms with E-state index in [4.69, 9.17) is 9.47 Å². The number of nitrogens with one attached hydrogen (secondary N) is 2. The van der Waals surface area contributed by atoms with Crippen LogP contribution in [0.2, 0.25) is 0 Å². The highest BCUT2D eigenvalue weighted by Gasteiger charge is 2.25. The van der Waals surface area contributed by atoms with Crippen LogP contribution in [0, 0.1) is 0 Å². The van der Waals surface area contributed by atoms with Gasteiger partial charge in [-0.25, -0.2) is 4.99 Å². The quantitative estimate of drug-likeness (QED) is 0.349. The molecule has 152 valence electrons. The number of amides is 1. The molecule has 1 aromatic rings. The highest BCUT2D eigenvalue weighted by Crippen LogP contribution is 2.25. The van der Waals surface area contributed by atoms with Crippen molar-refractivity contribution in [1.82, 2.24) is 15.5 Å². The van der Waals surface area contributed by atoms with Crippen molar-refractivity contribution >= 4 is 35.8 Å². The predicted molar refractivity (Wildman–Crippen MR) is 118 cm³/mol. The summed E-state index contributed by atoms with van der Waals surface area (Å²) in [5.41, 5.74) is 0.986. The summed E-state index contributed by atoms with van der Waals surface area (Å²) < 4.78 is 10.7. The van der Waals surface area contributed by atoms with Gasteiger partial charge in [-0.15, -0.1) is 24.0 Å². The van der Waals surface area contributed by atoms with Gasteiger partial charge in [-0.3, -0.25) is 4.79 Å². The highest BCUT2D eigenvalue weighted by atomic mass is 127. The van der Waals surface area contributed by atoms with E-state index in [0.29, 0.717) is 13.0 Å². The number of halogens is 1. The maximum Gasteiger partial charge on any atom is 0.222 e. The van der Waals surface area contributed by atoms with Crippen LogP contribution in [-0.4, -0.2) is 56.7 Å². The number of nitrogens with zero attached hydrogens (tertiary/aromatic N) is 2. The van der Waals surface area contributed by atoms with Crippen molar-refractivity contribution in [1.29, 1.82) is 0 Å². The van der Waals surface area contributed by atoms with Gasteiger partial charge in [-0.2, -0.15) is 0 Å². The molecule has 1 fully saturated rings. The lowest BCUT2D eigenvalue weighted by Gasteiger charge is -2.19. The normalized spacial score (nSPS) is 16.5. The van der Waals surface area contributed by atoms with Crippen LogP contribution in [0.3, 0.4) is 0 Å². The largest absolute Gasteiger partial charge is 0.497 e. The lowest BCUT2D eigenvalue weighted by molar-refractivity contribution is -0.129. The lowest BCUT2D eigenvalue weighted by atomic mass is 10.2. The first-order chi connectivity index (χ1) is 12.6. The Morgan fingerprint density at radius 1 is 1.30 bits per heavy atom. The average molecular weight is 490 g/mol. The number of hydrogen-bond donors (Lipinski definition) is 2. The number of methoxy groups -OCH3 is 2. The summed E-state index contributed by atoms with van der Waals surface area (Å²) in [4.78, 5) is 18.4. The summed E-state index contributed by atoms with van der Waals surface area (Å²) in [5, 5.41) is 6.70. The van der Waals surface area contributed by atoms with Gasteiger partial charge in [0.2, 0.25) is 5.91 Å². The Hall–Kier alpha value is -1.71. The van der Waals surface area contributed by atoms with Crippen molar-refractivity contribution in [3.05, 3.63) is 23.8 Å². The molecular formula is C19H31IN4O3. The Morgan fingerprint density at radius 2 is 2.07 bits per heavy atom. The smallest absolute Gasteiger partial charge is 0.222 e. The fraction of sp³-hybridized carbons (Fsp3) is 0.579. The molecule has 27 heavy (non-hydrogen) atoms. The number of rotatable bonds is 7. The maximum atomic E-state index is 11.8. The molecule has 1 atom stereocenters. The molecule has 0 spiro atoms. The molecule has 2 rings (SSSR count). The van der Waals surface area contributed by atoms with Crippen LogP contribution < -0.4 is 20.1 Å². The molecule has 1 aliphatic heterocycles. The van der Waals surface area contributed by atoms with E-state index in [1.54, 1.807) is 14.2 Å². The van der Waals surface area contributed by atoms with Gasteiger partial charge in [0, 0.05) is 43.7 Å². The van der Waals surface area contributed by atoms with E-state index in [1.807, 2.05) is 36.9 Å². The van der Waals surface area contributed by atoms with Crippen molar-refractivity contribution in [2.75, 3.05) is 33.9 Å². The summed E-state index contributed by atoms with van der Waals surface area (Å²) >= 11 is 0. The molecule has 2 N–H and O–H groups in total. The van der Waals surface area contributed by atoms with Crippen LogP contribution in [0.1, 0.15) is 32.3 Å². The van der Waals surface area contributed by atoms with Gasteiger partial charge in [0.05, 0.1) is 20.8 Å². The van der Waals surface area contributed by atoms with Gasteiger partial charge in [-0.05, 0) is 25.5 Å². The minimum Gasteiger partial charge on any atom is -0.497 e. The first-order valence-corrected chi connectivity index (χ1v) is 9.14. The van der Waals surface area contributed by atoms with Crippen LogP contribution in [0.5, 0.6) is 11.5 Å². The van der Waals surface area contributed by atoms with E-state index in [9.17, 15) is 4.79 Å². The number of guanidine groups is 1. The van der Waals surface area contributed by atoms with Crippen LogP contribution in [0.4, 0.5) is 0 Å². The Kier molecular flexibility index (Phi) is 10.3. The van der Waals surface area contributed by atoms with Crippen LogP contribution >= 0.6 is 24.0 Å². The fourth-order valence-corrected chi connectivity index (χ4v) is 2.99. The third-order valence-electron chi connectivity index (χ3n) is 4.43. The molecule has 0 aromatic heterocycles. The van der Waals surface area contributed by atoms with Gasteiger partial charge < -0.3 is 25.0 Å². The number of likely N-dealkylation sites (tertiary alicyclic amines) is 1. The molecule has 7 nitrogen and oxygen atoms in total. The number of hydrogen-bond acceptors (Lipinski definition) is 4. The monoisotopic (exact) mass is 490 g/mol. The zero-order chi connectivity index (χ0) is 18.9. The van der Waals surface area contributed by atoms with Gasteiger partial charge >= 0.3 is 0 Å². The minimum absolute atomic E-state index is 0. The zero-order valence-corrected chi connectivity index (χ0v) is 18.9. The predicted octanol–water partition coefficient (Wildman–Crippen LogP) is 2.39. The zero-order valence-electron chi connectivity index (χ0n) is 16.6. The standard InChI is InChI=1S/C19H30N4O3.HI/c1-5-18(24)23-10-9-15(13-23)22-19(20-6-2)21-12-14-7-8-16(25-3)11-17(14)26-4;/h7-8,11,15H,5-6,9-10,12-13H2,1-4H3,(H2,20,21,22);1H. The molecule has 1 amide bonds. The molecule has 1 heterocycles. The second kappa shape index (κ2) is 11.9.